The van der Waals surface area contributed by atoms with Gasteiger partial charge in [0.1, 0.15) is 11.5 Å². The van der Waals surface area contributed by atoms with E-state index in [0.29, 0.717) is 11.7 Å². The third-order valence-electron chi connectivity index (χ3n) is 3.91. The van der Waals surface area contributed by atoms with E-state index in [4.69, 9.17) is 4.74 Å². The van der Waals surface area contributed by atoms with Crippen LogP contribution in [-0.4, -0.2) is 34.9 Å². The van der Waals surface area contributed by atoms with Gasteiger partial charge in [-0.25, -0.2) is 4.98 Å². The van der Waals surface area contributed by atoms with Crippen molar-refractivity contribution >= 4 is 17.7 Å². The second-order valence-electron chi connectivity index (χ2n) is 5.87. The number of carbonyl (C=O) groups excluding carboxylic acids is 1. The summed E-state index contributed by atoms with van der Waals surface area (Å²) in [4.78, 5) is 16.5. The lowest BCUT2D eigenvalue weighted by Crippen LogP contribution is -2.24. The summed E-state index contributed by atoms with van der Waals surface area (Å²) in [5.74, 6) is 0.834. The Kier molecular flexibility index (Phi) is 7.07. The van der Waals surface area contributed by atoms with Gasteiger partial charge in [-0.1, -0.05) is 30.0 Å². The van der Waals surface area contributed by atoms with Gasteiger partial charge in [0.25, 0.3) is 0 Å². The summed E-state index contributed by atoms with van der Waals surface area (Å²) < 4.78 is 35.7. The quantitative estimate of drug-likeness (QED) is 0.533. The van der Waals surface area contributed by atoms with Crippen LogP contribution in [0.3, 0.4) is 0 Å². The predicted octanol–water partition coefficient (Wildman–Crippen LogP) is 3.89. The van der Waals surface area contributed by atoms with E-state index in [9.17, 15) is 13.6 Å². The minimum atomic E-state index is -2.86. The Balaban J connectivity index is 1.52. The fourth-order valence-corrected chi connectivity index (χ4v) is 3.33. The van der Waals surface area contributed by atoms with Crippen molar-refractivity contribution in [1.29, 1.82) is 0 Å². The number of rotatable bonds is 9. The first-order chi connectivity index (χ1) is 14.0. The topological polar surface area (TPSA) is 65.4 Å². The molecule has 0 bridgehead atoms. The van der Waals surface area contributed by atoms with E-state index in [1.165, 1.54) is 23.9 Å². The van der Waals surface area contributed by atoms with Crippen LogP contribution in [0.15, 0.2) is 66.1 Å². The third kappa shape index (κ3) is 5.95. The van der Waals surface area contributed by atoms with E-state index >= 15 is 0 Å². The molecule has 0 aliphatic carbocycles. The number of hydrogen-bond donors (Lipinski definition) is 1. The minimum absolute atomic E-state index is 0.0787. The lowest BCUT2D eigenvalue weighted by Gasteiger charge is -2.10. The van der Waals surface area contributed by atoms with E-state index in [1.807, 2.05) is 35.0 Å². The first-order valence-corrected chi connectivity index (χ1v) is 9.65. The average molecular weight is 419 g/mol. The number of imidazole rings is 1. The molecule has 0 radical (unpaired) electrons. The number of amides is 1. The van der Waals surface area contributed by atoms with Crippen LogP contribution in [0.25, 0.3) is 5.69 Å². The molecule has 0 aliphatic heterocycles. The zero-order chi connectivity index (χ0) is 20.6. The van der Waals surface area contributed by atoms with Crippen LogP contribution in [-0.2, 0) is 11.3 Å². The van der Waals surface area contributed by atoms with Crippen LogP contribution < -0.4 is 14.8 Å². The molecule has 29 heavy (non-hydrogen) atoms. The van der Waals surface area contributed by atoms with Gasteiger partial charge in [0.2, 0.25) is 5.91 Å². The second-order valence-corrected chi connectivity index (χ2v) is 6.81. The van der Waals surface area contributed by atoms with Gasteiger partial charge in [-0.3, -0.25) is 9.36 Å². The maximum Gasteiger partial charge on any atom is 0.387 e. The van der Waals surface area contributed by atoms with Crippen LogP contribution in [0.2, 0.25) is 0 Å². The number of carbonyl (C=O) groups is 1. The Hall–Kier alpha value is -3.07. The van der Waals surface area contributed by atoms with E-state index in [1.54, 1.807) is 25.4 Å². The van der Waals surface area contributed by atoms with Gasteiger partial charge >= 0.3 is 6.61 Å². The Morgan fingerprint density at radius 3 is 2.72 bits per heavy atom. The first-order valence-electron chi connectivity index (χ1n) is 8.66. The summed E-state index contributed by atoms with van der Waals surface area (Å²) >= 11 is 1.31. The molecular formula is C20H19F2N3O3S. The monoisotopic (exact) mass is 419 g/mol. The fraction of sp³-hybridized carbons (Fsp3) is 0.200. The summed E-state index contributed by atoms with van der Waals surface area (Å²) in [5.41, 5.74) is 1.67. The number of alkyl halides is 2. The van der Waals surface area contributed by atoms with Gasteiger partial charge < -0.3 is 14.8 Å². The molecular weight excluding hydrogens is 400 g/mol. The van der Waals surface area contributed by atoms with Gasteiger partial charge in [-0.05, 0) is 29.8 Å². The molecule has 1 aromatic heterocycles. The summed E-state index contributed by atoms with van der Waals surface area (Å²) in [7, 11) is 1.60. The van der Waals surface area contributed by atoms with Crippen LogP contribution in [0.5, 0.6) is 11.5 Å². The molecule has 1 N–H and O–H groups in total. The van der Waals surface area contributed by atoms with E-state index in [2.05, 4.69) is 15.0 Å². The second kappa shape index (κ2) is 9.92. The van der Waals surface area contributed by atoms with Gasteiger partial charge in [0.05, 0.1) is 18.6 Å². The Bertz CT molecular complexity index is 948. The number of thioether (sulfide) groups is 1. The van der Waals surface area contributed by atoms with Gasteiger partial charge in [-0.2, -0.15) is 8.78 Å². The molecule has 3 rings (SSSR count). The van der Waals surface area contributed by atoms with Gasteiger partial charge in [0.15, 0.2) is 5.16 Å². The normalized spacial score (nSPS) is 10.8. The van der Waals surface area contributed by atoms with Crippen LogP contribution in [0.1, 0.15) is 5.56 Å². The fourth-order valence-electron chi connectivity index (χ4n) is 2.52. The van der Waals surface area contributed by atoms with Crippen molar-refractivity contribution in [3.8, 4) is 17.2 Å². The molecule has 3 aromatic rings. The van der Waals surface area contributed by atoms with Crippen LogP contribution in [0, 0.1) is 0 Å². The summed E-state index contributed by atoms with van der Waals surface area (Å²) in [6, 6.07) is 13.7. The number of nitrogens with one attached hydrogen (secondary N) is 1. The predicted molar refractivity (Wildman–Crippen MR) is 106 cm³/mol. The summed E-state index contributed by atoms with van der Waals surface area (Å²) in [6.45, 7) is -2.57. The molecule has 0 saturated heterocycles. The van der Waals surface area contributed by atoms with E-state index < -0.39 is 6.61 Å². The maximum absolute atomic E-state index is 12.2. The molecule has 0 saturated carbocycles. The molecule has 1 heterocycles. The van der Waals surface area contributed by atoms with Crippen molar-refractivity contribution in [1.82, 2.24) is 14.9 Å². The van der Waals surface area contributed by atoms with Gasteiger partial charge in [0, 0.05) is 25.0 Å². The Labute approximate surface area is 170 Å². The molecule has 1 amide bonds. The highest BCUT2D eigenvalue weighted by Crippen LogP contribution is 2.23. The molecule has 0 spiro atoms. The molecule has 0 atom stereocenters. The number of aromatic nitrogens is 2. The van der Waals surface area contributed by atoms with Crippen LogP contribution >= 0.6 is 11.8 Å². The largest absolute Gasteiger partial charge is 0.497 e. The van der Waals surface area contributed by atoms with Crippen LogP contribution in [0.4, 0.5) is 8.78 Å². The van der Waals surface area contributed by atoms with E-state index in [-0.39, 0.29) is 17.4 Å². The van der Waals surface area contributed by atoms with Crippen molar-refractivity contribution in [2.24, 2.45) is 0 Å². The lowest BCUT2D eigenvalue weighted by molar-refractivity contribution is -0.118. The molecule has 9 heteroatoms. The molecule has 152 valence electrons. The SMILES string of the molecule is COc1cccc(-n2ccnc2SCC(=O)NCc2ccc(OC(F)F)cc2)c1. The molecule has 6 nitrogen and oxygen atoms in total. The highest BCUT2D eigenvalue weighted by atomic mass is 32.2. The third-order valence-corrected chi connectivity index (χ3v) is 4.88. The van der Waals surface area contributed by atoms with Gasteiger partial charge in [-0.15, -0.1) is 0 Å². The van der Waals surface area contributed by atoms with Crippen molar-refractivity contribution in [3.05, 3.63) is 66.5 Å². The molecule has 2 aromatic carbocycles. The highest BCUT2D eigenvalue weighted by Gasteiger charge is 2.10. The van der Waals surface area contributed by atoms with Crippen molar-refractivity contribution < 1.29 is 23.0 Å². The Morgan fingerprint density at radius 2 is 2.00 bits per heavy atom. The zero-order valence-corrected chi connectivity index (χ0v) is 16.4. The smallest absolute Gasteiger partial charge is 0.387 e. The number of benzene rings is 2. The number of methoxy groups -OCH3 is 1. The maximum atomic E-state index is 12.2. The van der Waals surface area contributed by atoms with Crippen molar-refractivity contribution in [2.75, 3.05) is 12.9 Å². The summed E-state index contributed by atoms with van der Waals surface area (Å²) in [6.07, 6.45) is 3.49. The first kappa shape index (κ1) is 20.7. The summed E-state index contributed by atoms with van der Waals surface area (Å²) in [5, 5.41) is 3.48. The average Bonchev–Trinajstić information content (AvgIpc) is 3.20. The molecule has 0 fully saturated rings. The van der Waals surface area contributed by atoms with E-state index in [0.717, 1.165) is 17.0 Å². The standard InChI is InChI=1S/C20H19F2N3O3S/c1-27-17-4-2-3-15(11-17)25-10-9-23-20(25)29-13-18(26)24-12-14-5-7-16(8-6-14)28-19(21)22/h2-11,19H,12-13H2,1H3,(H,24,26). The van der Waals surface area contributed by atoms with Crippen molar-refractivity contribution in [3.63, 3.8) is 0 Å². The molecule has 0 unspecified atom stereocenters. The zero-order valence-electron chi connectivity index (χ0n) is 15.5. The lowest BCUT2D eigenvalue weighted by atomic mass is 10.2. The number of hydrogen-bond acceptors (Lipinski definition) is 5. The molecule has 0 aliphatic rings. The Morgan fingerprint density at radius 1 is 1.21 bits per heavy atom. The van der Waals surface area contributed by atoms with Crippen molar-refractivity contribution in [2.45, 2.75) is 18.3 Å². The number of ether oxygens (including phenoxy) is 2. The highest BCUT2D eigenvalue weighted by molar-refractivity contribution is 7.99. The minimum Gasteiger partial charge on any atom is -0.497 e. The number of halogens is 2. The number of nitrogens with zero attached hydrogens (tertiary/aromatic N) is 2.